The van der Waals surface area contributed by atoms with Crippen LogP contribution in [0.3, 0.4) is 0 Å². The first-order chi connectivity index (χ1) is 14.1. The summed E-state index contributed by atoms with van der Waals surface area (Å²) < 4.78 is 0.842. The Balaban J connectivity index is 1.45. The predicted octanol–water partition coefficient (Wildman–Crippen LogP) is 5.85. The molecule has 4 rings (SSSR count). The van der Waals surface area contributed by atoms with Gasteiger partial charge in [0.15, 0.2) is 5.13 Å². The third kappa shape index (κ3) is 4.71. The highest BCUT2D eigenvalue weighted by atomic mass is 35.5. The molecule has 3 amide bonds. The van der Waals surface area contributed by atoms with Crippen molar-refractivity contribution >= 4 is 61.6 Å². The number of nitrogens with zero attached hydrogens (tertiary/aromatic N) is 1. The Labute approximate surface area is 175 Å². The number of benzene rings is 3. The van der Waals surface area contributed by atoms with E-state index in [1.807, 2.05) is 12.1 Å². The second kappa shape index (κ2) is 8.30. The van der Waals surface area contributed by atoms with E-state index < -0.39 is 0 Å². The number of hydrogen-bond donors (Lipinski definition) is 3. The monoisotopic (exact) mass is 422 g/mol. The van der Waals surface area contributed by atoms with Crippen molar-refractivity contribution in [2.45, 2.75) is 0 Å². The maximum Gasteiger partial charge on any atom is 0.323 e. The lowest BCUT2D eigenvalue weighted by atomic mass is 10.2. The Hall–Kier alpha value is -3.42. The molecule has 0 unspecified atom stereocenters. The number of aromatic nitrogens is 1. The lowest BCUT2D eigenvalue weighted by Gasteiger charge is -2.07. The maximum absolute atomic E-state index is 12.3. The zero-order valence-electron chi connectivity index (χ0n) is 15.0. The SMILES string of the molecule is O=C(Nc1cccc(Cl)c1)Nc1ccc2nc(NC(=O)c3ccccc3)sc2c1. The van der Waals surface area contributed by atoms with Crippen LogP contribution in [0.4, 0.5) is 21.3 Å². The Morgan fingerprint density at radius 1 is 0.828 bits per heavy atom. The second-order valence-corrected chi connectivity index (χ2v) is 7.58. The number of amides is 3. The fraction of sp³-hybridized carbons (Fsp3) is 0. The van der Waals surface area contributed by atoms with E-state index in [2.05, 4.69) is 20.9 Å². The Morgan fingerprint density at radius 3 is 2.34 bits per heavy atom. The van der Waals surface area contributed by atoms with E-state index in [-0.39, 0.29) is 11.9 Å². The molecule has 1 aromatic heterocycles. The van der Waals surface area contributed by atoms with Crippen LogP contribution in [-0.4, -0.2) is 16.9 Å². The summed E-state index contributed by atoms with van der Waals surface area (Å²) in [4.78, 5) is 28.9. The van der Waals surface area contributed by atoms with Gasteiger partial charge in [-0.05, 0) is 48.5 Å². The van der Waals surface area contributed by atoms with E-state index >= 15 is 0 Å². The molecular weight excluding hydrogens is 408 g/mol. The summed E-state index contributed by atoms with van der Waals surface area (Å²) in [7, 11) is 0. The fourth-order valence-electron chi connectivity index (χ4n) is 2.67. The van der Waals surface area contributed by atoms with Crippen LogP contribution in [0.1, 0.15) is 10.4 Å². The molecule has 4 aromatic rings. The predicted molar refractivity (Wildman–Crippen MR) is 118 cm³/mol. The average Bonchev–Trinajstić information content (AvgIpc) is 3.10. The minimum absolute atomic E-state index is 0.219. The normalized spacial score (nSPS) is 10.5. The summed E-state index contributed by atoms with van der Waals surface area (Å²) in [6, 6.07) is 20.8. The standard InChI is InChI=1S/C21H15ClN4O2S/c22-14-7-4-8-15(11-14)23-20(28)24-16-9-10-17-18(12-16)29-21(25-17)26-19(27)13-5-2-1-3-6-13/h1-12H,(H2,23,24,28)(H,25,26,27). The molecule has 29 heavy (non-hydrogen) atoms. The Bertz CT molecular complexity index is 1190. The average molecular weight is 423 g/mol. The number of hydrogen-bond acceptors (Lipinski definition) is 4. The molecule has 3 aromatic carbocycles. The number of urea groups is 1. The number of nitrogens with one attached hydrogen (secondary N) is 3. The third-order valence-corrected chi connectivity index (χ3v) is 5.15. The second-order valence-electron chi connectivity index (χ2n) is 6.11. The van der Waals surface area contributed by atoms with Crippen LogP contribution in [0.15, 0.2) is 72.8 Å². The molecule has 1 heterocycles. The van der Waals surface area contributed by atoms with Crippen LogP contribution in [0, 0.1) is 0 Å². The lowest BCUT2D eigenvalue weighted by Crippen LogP contribution is -2.19. The molecule has 0 aliphatic carbocycles. The van der Waals surface area contributed by atoms with Crippen molar-refractivity contribution in [3.63, 3.8) is 0 Å². The summed E-state index contributed by atoms with van der Waals surface area (Å²) in [6.45, 7) is 0. The van der Waals surface area contributed by atoms with Gasteiger partial charge < -0.3 is 10.6 Å². The minimum atomic E-state index is -0.381. The van der Waals surface area contributed by atoms with Gasteiger partial charge in [0.2, 0.25) is 0 Å². The summed E-state index contributed by atoms with van der Waals surface area (Å²) in [5, 5.41) is 9.34. The van der Waals surface area contributed by atoms with Crippen molar-refractivity contribution in [1.82, 2.24) is 4.98 Å². The van der Waals surface area contributed by atoms with Gasteiger partial charge in [0, 0.05) is 22.0 Å². The highest BCUT2D eigenvalue weighted by Gasteiger charge is 2.11. The Kier molecular flexibility index (Phi) is 5.41. The van der Waals surface area contributed by atoms with Crippen molar-refractivity contribution < 1.29 is 9.59 Å². The third-order valence-electron chi connectivity index (χ3n) is 3.99. The molecule has 0 bridgehead atoms. The number of thiazole rings is 1. The summed E-state index contributed by atoms with van der Waals surface area (Å²) in [5.41, 5.74) is 2.51. The molecule has 0 atom stereocenters. The minimum Gasteiger partial charge on any atom is -0.308 e. The first-order valence-electron chi connectivity index (χ1n) is 8.67. The topological polar surface area (TPSA) is 83.1 Å². The maximum atomic E-state index is 12.3. The molecule has 0 radical (unpaired) electrons. The van der Waals surface area contributed by atoms with E-state index in [0.717, 1.165) is 10.2 Å². The van der Waals surface area contributed by atoms with Crippen LogP contribution in [-0.2, 0) is 0 Å². The highest BCUT2D eigenvalue weighted by molar-refractivity contribution is 7.22. The van der Waals surface area contributed by atoms with E-state index in [4.69, 9.17) is 11.6 Å². The van der Waals surface area contributed by atoms with Crippen molar-refractivity contribution in [2.24, 2.45) is 0 Å². The number of carbonyl (C=O) groups excluding carboxylic acids is 2. The Morgan fingerprint density at radius 2 is 1.59 bits per heavy atom. The van der Waals surface area contributed by atoms with Crippen LogP contribution in [0.25, 0.3) is 10.2 Å². The smallest absolute Gasteiger partial charge is 0.308 e. The zero-order valence-corrected chi connectivity index (χ0v) is 16.6. The quantitative estimate of drug-likeness (QED) is 0.386. The van der Waals surface area contributed by atoms with Crippen LogP contribution in [0.2, 0.25) is 5.02 Å². The van der Waals surface area contributed by atoms with E-state index in [9.17, 15) is 9.59 Å². The van der Waals surface area contributed by atoms with Gasteiger partial charge in [-0.25, -0.2) is 9.78 Å². The fourth-order valence-corrected chi connectivity index (χ4v) is 3.76. The molecule has 0 aliphatic rings. The van der Waals surface area contributed by atoms with Gasteiger partial charge in [0.1, 0.15) is 0 Å². The van der Waals surface area contributed by atoms with Crippen molar-refractivity contribution in [3.8, 4) is 0 Å². The zero-order chi connectivity index (χ0) is 20.2. The van der Waals surface area contributed by atoms with E-state index in [1.165, 1.54) is 11.3 Å². The highest BCUT2D eigenvalue weighted by Crippen LogP contribution is 2.29. The first kappa shape index (κ1) is 18.9. The number of fused-ring (bicyclic) bond motifs is 1. The number of rotatable bonds is 4. The van der Waals surface area contributed by atoms with Gasteiger partial charge in [0.25, 0.3) is 5.91 Å². The lowest BCUT2D eigenvalue weighted by molar-refractivity contribution is 0.102. The summed E-state index contributed by atoms with van der Waals surface area (Å²) in [6.07, 6.45) is 0. The molecular formula is C21H15ClN4O2S. The molecule has 144 valence electrons. The molecule has 0 fully saturated rings. The van der Waals surface area contributed by atoms with Gasteiger partial charge in [-0.1, -0.05) is 47.2 Å². The number of halogens is 1. The molecule has 0 saturated heterocycles. The van der Waals surface area contributed by atoms with Gasteiger partial charge in [-0.15, -0.1) is 0 Å². The summed E-state index contributed by atoms with van der Waals surface area (Å²) >= 11 is 7.26. The van der Waals surface area contributed by atoms with Crippen LogP contribution < -0.4 is 16.0 Å². The number of carbonyl (C=O) groups is 2. The number of anilines is 3. The van der Waals surface area contributed by atoms with E-state index in [0.29, 0.717) is 27.1 Å². The largest absolute Gasteiger partial charge is 0.323 e. The van der Waals surface area contributed by atoms with Crippen LogP contribution >= 0.6 is 22.9 Å². The van der Waals surface area contributed by atoms with Crippen molar-refractivity contribution in [2.75, 3.05) is 16.0 Å². The van der Waals surface area contributed by atoms with Crippen molar-refractivity contribution in [3.05, 3.63) is 83.4 Å². The molecule has 0 spiro atoms. The first-order valence-corrected chi connectivity index (χ1v) is 9.87. The molecule has 3 N–H and O–H groups in total. The van der Waals surface area contributed by atoms with Gasteiger partial charge in [0.05, 0.1) is 10.2 Å². The van der Waals surface area contributed by atoms with Gasteiger partial charge >= 0.3 is 6.03 Å². The van der Waals surface area contributed by atoms with E-state index in [1.54, 1.807) is 60.7 Å². The molecule has 6 nitrogen and oxygen atoms in total. The van der Waals surface area contributed by atoms with Crippen molar-refractivity contribution in [1.29, 1.82) is 0 Å². The molecule has 0 saturated carbocycles. The molecule has 0 aliphatic heterocycles. The van der Waals surface area contributed by atoms with Gasteiger partial charge in [-0.3, -0.25) is 10.1 Å². The van der Waals surface area contributed by atoms with Crippen LogP contribution in [0.5, 0.6) is 0 Å². The molecule has 8 heteroatoms. The summed E-state index contributed by atoms with van der Waals surface area (Å²) in [5.74, 6) is -0.219. The van der Waals surface area contributed by atoms with Gasteiger partial charge in [-0.2, -0.15) is 0 Å².